The van der Waals surface area contributed by atoms with Crippen LogP contribution in [-0.4, -0.2) is 50.0 Å². The third-order valence-electron chi connectivity index (χ3n) is 7.63. The van der Waals surface area contributed by atoms with Crippen LogP contribution in [0.25, 0.3) is 10.8 Å². The van der Waals surface area contributed by atoms with Crippen LogP contribution in [0, 0.1) is 11.3 Å². The summed E-state index contributed by atoms with van der Waals surface area (Å²) in [6, 6.07) is 20.9. The largest absolute Gasteiger partial charge is 0.434 e. The zero-order valence-corrected chi connectivity index (χ0v) is 25.0. The number of hydrogen-bond donors (Lipinski definition) is 2. The van der Waals surface area contributed by atoms with Gasteiger partial charge in [-0.25, -0.2) is 0 Å². The summed E-state index contributed by atoms with van der Waals surface area (Å²) < 4.78 is 32.0. The first-order chi connectivity index (χ1) is 21.6. The number of amides is 3. The summed E-state index contributed by atoms with van der Waals surface area (Å²) in [5.74, 6) is -1.70. The SMILES string of the molecule is CNC(C)C(=O)NC1CN(C(=O)c2ccc(C#N)cc2)c2cc(Cl)ccc2N(Cc2c(OC(F)F)ccc3ccccc23)C1=O. The summed E-state index contributed by atoms with van der Waals surface area (Å²) in [6.07, 6.45) is 0. The molecule has 4 aromatic rings. The summed E-state index contributed by atoms with van der Waals surface area (Å²) >= 11 is 6.41. The Morgan fingerprint density at radius 1 is 1.07 bits per heavy atom. The van der Waals surface area contributed by atoms with Gasteiger partial charge < -0.3 is 25.2 Å². The summed E-state index contributed by atoms with van der Waals surface area (Å²) in [6.45, 7) is -2.00. The normalized spacial score (nSPS) is 15.3. The number of ether oxygens (including phenoxy) is 1. The van der Waals surface area contributed by atoms with E-state index in [0.29, 0.717) is 16.5 Å². The first kappa shape index (κ1) is 31.4. The zero-order chi connectivity index (χ0) is 32.2. The molecule has 0 aliphatic carbocycles. The van der Waals surface area contributed by atoms with Crippen LogP contribution < -0.4 is 25.2 Å². The maximum atomic E-state index is 14.4. The van der Waals surface area contributed by atoms with E-state index < -0.39 is 36.4 Å². The van der Waals surface area contributed by atoms with Crippen molar-refractivity contribution < 1.29 is 27.9 Å². The maximum absolute atomic E-state index is 14.4. The van der Waals surface area contributed by atoms with Gasteiger partial charge in [-0.2, -0.15) is 14.0 Å². The average molecular weight is 632 g/mol. The van der Waals surface area contributed by atoms with Crippen LogP contribution in [0.1, 0.15) is 28.4 Å². The van der Waals surface area contributed by atoms with Gasteiger partial charge in [0.05, 0.1) is 42.1 Å². The van der Waals surface area contributed by atoms with Gasteiger partial charge in [0.2, 0.25) is 5.91 Å². The minimum absolute atomic E-state index is 0.119. The number of nitriles is 1. The number of hydrogen-bond acceptors (Lipinski definition) is 6. The highest BCUT2D eigenvalue weighted by Gasteiger charge is 2.38. The molecule has 0 aromatic heterocycles. The lowest BCUT2D eigenvalue weighted by Crippen LogP contribution is -2.55. The first-order valence-corrected chi connectivity index (χ1v) is 14.3. The minimum atomic E-state index is -3.12. The molecule has 0 saturated heterocycles. The second-order valence-electron chi connectivity index (χ2n) is 10.4. The first-order valence-electron chi connectivity index (χ1n) is 14.0. The number of carbonyl (C=O) groups excluding carboxylic acids is 3. The summed E-state index contributed by atoms with van der Waals surface area (Å²) in [5, 5.41) is 16.4. The van der Waals surface area contributed by atoms with Gasteiger partial charge >= 0.3 is 6.61 Å². The van der Waals surface area contributed by atoms with Crippen molar-refractivity contribution in [2.75, 3.05) is 23.4 Å². The fourth-order valence-corrected chi connectivity index (χ4v) is 5.35. The number of alkyl halides is 2. The molecule has 4 aromatic carbocycles. The van der Waals surface area contributed by atoms with Gasteiger partial charge in [-0.05, 0) is 73.3 Å². The second-order valence-corrected chi connectivity index (χ2v) is 10.8. The fraction of sp³-hybridized carbons (Fsp3) is 0.212. The number of likely N-dealkylation sites (N-methyl/N-ethyl adjacent to an activating group) is 1. The molecule has 1 aliphatic heterocycles. The van der Waals surface area contributed by atoms with Gasteiger partial charge in [0.25, 0.3) is 11.8 Å². The lowest BCUT2D eigenvalue weighted by atomic mass is 10.0. The molecular weight excluding hydrogens is 604 g/mol. The molecule has 1 heterocycles. The van der Waals surface area contributed by atoms with Crippen LogP contribution in [0.3, 0.4) is 0 Å². The van der Waals surface area contributed by atoms with Crippen LogP contribution in [0.15, 0.2) is 78.9 Å². The van der Waals surface area contributed by atoms with Crippen molar-refractivity contribution in [2.24, 2.45) is 0 Å². The quantitative estimate of drug-likeness (QED) is 0.275. The predicted octanol–water partition coefficient (Wildman–Crippen LogP) is 5.25. The van der Waals surface area contributed by atoms with Crippen molar-refractivity contribution in [3.63, 3.8) is 0 Å². The minimum Gasteiger partial charge on any atom is -0.434 e. The second kappa shape index (κ2) is 13.3. The van der Waals surface area contributed by atoms with Crippen LogP contribution >= 0.6 is 11.6 Å². The molecule has 0 radical (unpaired) electrons. The van der Waals surface area contributed by atoms with E-state index in [9.17, 15) is 28.4 Å². The molecule has 1 aliphatic rings. The molecule has 2 atom stereocenters. The number of nitrogens with one attached hydrogen (secondary N) is 2. The molecule has 2 N–H and O–H groups in total. The number of anilines is 2. The Hall–Kier alpha value is -5.05. The van der Waals surface area contributed by atoms with E-state index in [1.54, 1.807) is 50.4 Å². The van der Waals surface area contributed by atoms with Crippen molar-refractivity contribution in [2.45, 2.75) is 32.2 Å². The van der Waals surface area contributed by atoms with E-state index in [1.165, 1.54) is 46.2 Å². The highest BCUT2D eigenvalue weighted by Crippen LogP contribution is 2.39. The Balaban J connectivity index is 1.68. The molecule has 230 valence electrons. The number of fused-ring (bicyclic) bond motifs is 2. The standard InChI is InChI=1S/C33H28ClF2N5O4/c1-19(38-2)30(42)39-26-18-41(31(43)22-9-7-20(16-37)8-10-22)28-15-23(34)12-13-27(28)40(32(26)44)17-25-24-6-4-3-5-21(24)11-14-29(25)45-33(35)36/h3-15,19,26,33,38H,17-18H2,1-2H3,(H,39,42). The number of halogens is 3. The number of rotatable bonds is 8. The van der Waals surface area contributed by atoms with Crippen LogP contribution in [0.2, 0.25) is 5.02 Å². The summed E-state index contributed by atoms with van der Waals surface area (Å²) in [7, 11) is 1.59. The lowest BCUT2D eigenvalue weighted by molar-refractivity contribution is -0.128. The Morgan fingerprint density at radius 2 is 1.80 bits per heavy atom. The lowest BCUT2D eigenvalue weighted by Gasteiger charge is -2.27. The predicted molar refractivity (Wildman–Crippen MR) is 167 cm³/mol. The Bertz CT molecular complexity index is 1810. The van der Waals surface area contributed by atoms with Crippen molar-refractivity contribution in [3.8, 4) is 11.8 Å². The summed E-state index contributed by atoms with van der Waals surface area (Å²) in [5.41, 5.74) is 1.43. The topological polar surface area (TPSA) is 115 Å². The highest BCUT2D eigenvalue weighted by molar-refractivity contribution is 6.31. The van der Waals surface area contributed by atoms with Gasteiger partial charge in [-0.3, -0.25) is 14.4 Å². The van der Waals surface area contributed by atoms with Gasteiger partial charge in [-0.15, -0.1) is 0 Å². The smallest absolute Gasteiger partial charge is 0.387 e. The molecule has 0 fully saturated rings. The Kier molecular flexibility index (Phi) is 9.27. The Labute approximate surface area is 262 Å². The van der Waals surface area contributed by atoms with E-state index in [-0.39, 0.29) is 40.8 Å². The summed E-state index contributed by atoms with van der Waals surface area (Å²) in [4.78, 5) is 44.1. The van der Waals surface area contributed by atoms with Crippen molar-refractivity contribution >= 4 is 51.5 Å². The van der Waals surface area contributed by atoms with Gasteiger partial charge in [-0.1, -0.05) is 41.9 Å². The number of benzene rings is 4. The Morgan fingerprint density at radius 3 is 2.49 bits per heavy atom. The zero-order valence-electron chi connectivity index (χ0n) is 24.3. The molecule has 0 bridgehead atoms. The van der Waals surface area contributed by atoms with Gasteiger partial charge in [0.15, 0.2) is 0 Å². The van der Waals surface area contributed by atoms with Crippen LogP contribution in [-0.2, 0) is 16.1 Å². The van der Waals surface area contributed by atoms with E-state index in [1.807, 2.05) is 12.1 Å². The third kappa shape index (κ3) is 6.57. The molecule has 3 amide bonds. The average Bonchev–Trinajstić information content (AvgIpc) is 3.15. The van der Waals surface area contributed by atoms with E-state index in [4.69, 9.17) is 16.3 Å². The van der Waals surface area contributed by atoms with Gasteiger partial charge in [0.1, 0.15) is 11.8 Å². The maximum Gasteiger partial charge on any atom is 0.387 e. The molecular formula is C33H28ClF2N5O4. The molecule has 9 nitrogen and oxygen atoms in total. The van der Waals surface area contributed by atoms with Crippen molar-refractivity contribution in [1.29, 1.82) is 5.26 Å². The molecule has 2 unspecified atom stereocenters. The van der Waals surface area contributed by atoms with E-state index >= 15 is 0 Å². The van der Waals surface area contributed by atoms with E-state index in [2.05, 4.69) is 10.6 Å². The molecule has 12 heteroatoms. The van der Waals surface area contributed by atoms with E-state index in [0.717, 1.165) is 5.39 Å². The monoisotopic (exact) mass is 631 g/mol. The molecule has 45 heavy (non-hydrogen) atoms. The van der Waals surface area contributed by atoms with Gasteiger partial charge in [0, 0.05) is 16.1 Å². The molecule has 5 rings (SSSR count). The molecule has 0 spiro atoms. The van der Waals surface area contributed by atoms with Crippen LogP contribution in [0.5, 0.6) is 5.75 Å². The van der Waals surface area contributed by atoms with Crippen molar-refractivity contribution in [3.05, 3.63) is 101 Å². The number of carbonyl (C=O) groups is 3. The molecule has 0 saturated carbocycles. The van der Waals surface area contributed by atoms with Crippen molar-refractivity contribution in [1.82, 2.24) is 10.6 Å². The van der Waals surface area contributed by atoms with Crippen LogP contribution in [0.4, 0.5) is 20.2 Å². The highest BCUT2D eigenvalue weighted by atomic mass is 35.5. The third-order valence-corrected chi connectivity index (χ3v) is 7.86. The number of nitrogens with zero attached hydrogens (tertiary/aromatic N) is 3. The fourth-order valence-electron chi connectivity index (χ4n) is 5.18.